The van der Waals surface area contributed by atoms with E-state index in [0.29, 0.717) is 18.4 Å². The van der Waals surface area contributed by atoms with Gasteiger partial charge in [0.05, 0.1) is 19.3 Å². The Bertz CT molecular complexity index is 732. The molecule has 0 bridgehead atoms. The van der Waals surface area contributed by atoms with Gasteiger partial charge in [-0.1, -0.05) is 17.3 Å². The van der Waals surface area contributed by atoms with Gasteiger partial charge in [-0.2, -0.15) is 13.2 Å². The Hall–Kier alpha value is -2.82. The van der Waals surface area contributed by atoms with E-state index in [4.69, 9.17) is 19.4 Å². The van der Waals surface area contributed by atoms with Gasteiger partial charge in [0.2, 0.25) is 0 Å². The molecule has 0 radical (unpaired) electrons. The van der Waals surface area contributed by atoms with Gasteiger partial charge in [0.25, 0.3) is 0 Å². The number of para-hydroxylation sites is 2. The van der Waals surface area contributed by atoms with E-state index in [-0.39, 0.29) is 0 Å². The van der Waals surface area contributed by atoms with Crippen molar-refractivity contribution in [3.05, 3.63) is 36.2 Å². The lowest BCUT2D eigenvalue weighted by molar-refractivity contribution is -0.192. The first-order valence-electron chi connectivity index (χ1n) is 7.48. The van der Waals surface area contributed by atoms with Gasteiger partial charge < -0.3 is 19.9 Å². The van der Waals surface area contributed by atoms with Crippen molar-refractivity contribution in [2.24, 2.45) is 0 Å². The van der Waals surface area contributed by atoms with Crippen LogP contribution in [0.4, 0.5) is 13.2 Å². The first kappa shape index (κ1) is 19.5. The quantitative estimate of drug-likeness (QED) is 0.821. The highest BCUT2D eigenvalue weighted by molar-refractivity contribution is 5.73. The number of benzene rings is 1. The molecule has 2 aromatic rings. The number of carbonyl (C=O) groups is 1. The Balaban J connectivity index is 0.000000298. The number of aliphatic carboxylic acids is 1. The summed E-state index contributed by atoms with van der Waals surface area (Å²) in [6.45, 7) is 2.30. The Kier molecular flexibility index (Phi) is 6.39. The van der Waals surface area contributed by atoms with Crippen molar-refractivity contribution in [3.63, 3.8) is 0 Å². The number of carboxylic acid groups (broad SMARTS) is 1. The van der Waals surface area contributed by atoms with Crippen LogP contribution in [0.25, 0.3) is 0 Å². The number of carboxylic acids is 1. The third kappa shape index (κ3) is 5.34. The zero-order valence-electron chi connectivity index (χ0n) is 13.7. The summed E-state index contributed by atoms with van der Waals surface area (Å²) in [4.78, 5) is 8.90. The molecule has 26 heavy (non-hydrogen) atoms. The van der Waals surface area contributed by atoms with Gasteiger partial charge >= 0.3 is 12.1 Å². The lowest BCUT2D eigenvalue weighted by Gasteiger charge is -2.26. The molecule has 0 unspecified atom stereocenters. The SMILES string of the molecule is COc1ccccc1OCc1cn(C2CNC2)nn1.O=C(O)C(F)(F)F. The molecule has 0 aliphatic carbocycles. The molecule has 1 aliphatic heterocycles. The highest BCUT2D eigenvalue weighted by Gasteiger charge is 2.38. The Labute approximate surface area is 146 Å². The third-order valence-electron chi connectivity index (χ3n) is 3.38. The number of halogens is 3. The molecule has 8 nitrogen and oxygen atoms in total. The molecule has 0 saturated carbocycles. The number of alkyl halides is 3. The number of hydrogen-bond acceptors (Lipinski definition) is 6. The van der Waals surface area contributed by atoms with E-state index in [9.17, 15) is 13.2 Å². The first-order valence-corrected chi connectivity index (χ1v) is 7.48. The fourth-order valence-electron chi connectivity index (χ4n) is 1.91. The maximum Gasteiger partial charge on any atom is 0.490 e. The molecular formula is C15H17F3N4O4. The van der Waals surface area contributed by atoms with Crippen molar-refractivity contribution in [2.75, 3.05) is 20.2 Å². The average Bonchev–Trinajstić information content (AvgIpc) is 2.99. The van der Waals surface area contributed by atoms with Gasteiger partial charge in [0, 0.05) is 13.1 Å². The van der Waals surface area contributed by atoms with Crippen molar-refractivity contribution in [1.29, 1.82) is 0 Å². The fraction of sp³-hybridized carbons (Fsp3) is 0.400. The van der Waals surface area contributed by atoms with Gasteiger partial charge in [0.15, 0.2) is 11.5 Å². The second kappa shape index (κ2) is 8.52. The minimum atomic E-state index is -5.08. The molecule has 142 valence electrons. The Morgan fingerprint density at radius 2 is 1.96 bits per heavy atom. The molecule has 1 saturated heterocycles. The topological polar surface area (TPSA) is 98.5 Å². The molecule has 0 amide bonds. The third-order valence-corrected chi connectivity index (χ3v) is 3.38. The minimum Gasteiger partial charge on any atom is -0.493 e. The summed E-state index contributed by atoms with van der Waals surface area (Å²) in [6, 6.07) is 7.98. The van der Waals surface area contributed by atoms with Gasteiger partial charge in [-0.3, -0.25) is 0 Å². The van der Waals surface area contributed by atoms with Crippen LogP contribution in [0.5, 0.6) is 11.5 Å². The van der Waals surface area contributed by atoms with E-state index in [0.717, 1.165) is 24.5 Å². The van der Waals surface area contributed by atoms with Crippen molar-refractivity contribution in [1.82, 2.24) is 20.3 Å². The summed E-state index contributed by atoms with van der Waals surface area (Å²) >= 11 is 0. The summed E-state index contributed by atoms with van der Waals surface area (Å²) in [6.07, 6.45) is -3.15. The molecule has 1 aliphatic rings. The summed E-state index contributed by atoms with van der Waals surface area (Å²) in [5.74, 6) is -1.32. The molecule has 1 aromatic heterocycles. The second-order valence-electron chi connectivity index (χ2n) is 5.24. The number of aromatic nitrogens is 3. The van der Waals surface area contributed by atoms with E-state index in [1.807, 2.05) is 35.1 Å². The molecule has 3 rings (SSSR count). The van der Waals surface area contributed by atoms with Crippen LogP contribution < -0.4 is 14.8 Å². The summed E-state index contributed by atoms with van der Waals surface area (Å²) < 4.78 is 44.6. The van der Waals surface area contributed by atoms with E-state index in [1.165, 1.54) is 0 Å². The average molecular weight is 374 g/mol. The van der Waals surface area contributed by atoms with Gasteiger partial charge in [0.1, 0.15) is 12.3 Å². The lowest BCUT2D eigenvalue weighted by Crippen LogP contribution is -2.43. The molecular weight excluding hydrogens is 357 g/mol. The Morgan fingerprint density at radius 3 is 2.46 bits per heavy atom. The number of nitrogens with zero attached hydrogens (tertiary/aromatic N) is 3. The Morgan fingerprint density at radius 1 is 1.35 bits per heavy atom. The van der Waals surface area contributed by atoms with Crippen LogP contribution in [0.1, 0.15) is 11.7 Å². The number of hydrogen-bond donors (Lipinski definition) is 2. The summed E-state index contributed by atoms with van der Waals surface area (Å²) in [7, 11) is 1.63. The zero-order chi connectivity index (χ0) is 19.2. The molecule has 0 spiro atoms. The minimum absolute atomic E-state index is 0.389. The smallest absolute Gasteiger partial charge is 0.490 e. The number of nitrogens with one attached hydrogen (secondary N) is 1. The predicted molar refractivity (Wildman–Crippen MR) is 82.9 cm³/mol. The van der Waals surface area contributed by atoms with E-state index in [2.05, 4.69) is 15.6 Å². The van der Waals surface area contributed by atoms with E-state index < -0.39 is 12.1 Å². The highest BCUT2D eigenvalue weighted by atomic mass is 19.4. The first-order chi connectivity index (χ1) is 12.3. The number of methoxy groups -OCH3 is 1. The van der Waals surface area contributed by atoms with Gasteiger partial charge in [-0.25, -0.2) is 9.48 Å². The molecule has 1 fully saturated rings. The maximum atomic E-state index is 10.6. The molecule has 2 heterocycles. The standard InChI is InChI=1S/C13H16N4O2.C2HF3O2/c1-18-12-4-2-3-5-13(12)19-9-10-8-17(16-15-10)11-6-14-7-11;3-2(4,5)1(6)7/h2-5,8,11,14H,6-7,9H2,1H3;(H,6,7). The molecule has 0 atom stereocenters. The van der Waals surface area contributed by atoms with Crippen molar-refractivity contribution < 1.29 is 32.5 Å². The van der Waals surface area contributed by atoms with Crippen LogP contribution in [-0.2, 0) is 11.4 Å². The van der Waals surface area contributed by atoms with E-state index >= 15 is 0 Å². The van der Waals surface area contributed by atoms with Crippen LogP contribution in [0.2, 0.25) is 0 Å². The zero-order valence-corrected chi connectivity index (χ0v) is 13.7. The molecule has 1 aromatic carbocycles. The number of rotatable bonds is 5. The fourth-order valence-corrected chi connectivity index (χ4v) is 1.91. The highest BCUT2D eigenvalue weighted by Crippen LogP contribution is 2.26. The summed E-state index contributed by atoms with van der Waals surface area (Å²) in [5.41, 5.74) is 0.817. The monoisotopic (exact) mass is 374 g/mol. The van der Waals surface area contributed by atoms with Gasteiger partial charge in [-0.15, -0.1) is 5.10 Å². The van der Waals surface area contributed by atoms with Crippen molar-refractivity contribution in [2.45, 2.75) is 18.8 Å². The van der Waals surface area contributed by atoms with Crippen LogP contribution >= 0.6 is 0 Å². The van der Waals surface area contributed by atoms with E-state index in [1.54, 1.807) is 7.11 Å². The molecule has 11 heteroatoms. The molecule has 2 N–H and O–H groups in total. The predicted octanol–water partition coefficient (Wildman–Crippen LogP) is 1.64. The van der Waals surface area contributed by atoms with Crippen molar-refractivity contribution >= 4 is 5.97 Å². The van der Waals surface area contributed by atoms with Crippen LogP contribution in [-0.4, -0.2) is 52.4 Å². The second-order valence-corrected chi connectivity index (χ2v) is 5.24. The normalized spacial score (nSPS) is 14.0. The van der Waals surface area contributed by atoms with Crippen LogP contribution in [0.15, 0.2) is 30.5 Å². The largest absolute Gasteiger partial charge is 0.493 e. The van der Waals surface area contributed by atoms with Crippen LogP contribution in [0, 0.1) is 0 Å². The van der Waals surface area contributed by atoms with Gasteiger partial charge in [-0.05, 0) is 12.1 Å². The van der Waals surface area contributed by atoms with Crippen molar-refractivity contribution in [3.8, 4) is 11.5 Å². The number of ether oxygens (including phenoxy) is 2. The van der Waals surface area contributed by atoms with Crippen LogP contribution in [0.3, 0.4) is 0 Å². The summed E-state index contributed by atoms with van der Waals surface area (Å²) in [5, 5.41) is 18.5. The lowest BCUT2D eigenvalue weighted by atomic mass is 10.2. The maximum absolute atomic E-state index is 10.6.